The summed E-state index contributed by atoms with van der Waals surface area (Å²) in [6.07, 6.45) is 1.65. The molecule has 20 heavy (non-hydrogen) atoms. The highest BCUT2D eigenvalue weighted by molar-refractivity contribution is 9.10. The molecule has 1 aliphatic heterocycles. The van der Waals surface area contributed by atoms with Gasteiger partial charge < -0.3 is 10.5 Å². The number of sulfonamides is 1. The number of piperidine rings is 1. The summed E-state index contributed by atoms with van der Waals surface area (Å²) >= 11 is 3.28. The number of nitrogens with two attached hydrogens (primary N) is 1. The van der Waals surface area contributed by atoms with Gasteiger partial charge in [0.25, 0.3) is 0 Å². The molecule has 1 unspecified atom stereocenters. The van der Waals surface area contributed by atoms with Crippen LogP contribution in [0.3, 0.4) is 0 Å². The van der Waals surface area contributed by atoms with Crippen molar-refractivity contribution in [3.63, 3.8) is 0 Å². The fourth-order valence-electron chi connectivity index (χ4n) is 2.40. The third-order valence-corrected chi connectivity index (χ3v) is 6.51. The first-order valence-electron chi connectivity index (χ1n) is 6.39. The molecule has 0 amide bonds. The van der Waals surface area contributed by atoms with Crippen molar-refractivity contribution in [1.82, 2.24) is 4.31 Å². The molecule has 112 valence electrons. The number of anilines is 1. The van der Waals surface area contributed by atoms with Crippen LogP contribution in [0.25, 0.3) is 0 Å². The summed E-state index contributed by atoms with van der Waals surface area (Å²) in [5.41, 5.74) is 5.75. The first-order valence-corrected chi connectivity index (χ1v) is 8.62. The molecule has 0 bridgehead atoms. The average molecular weight is 363 g/mol. The molecule has 1 heterocycles. The van der Waals surface area contributed by atoms with Crippen molar-refractivity contribution >= 4 is 31.6 Å². The van der Waals surface area contributed by atoms with Gasteiger partial charge in [-0.2, -0.15) is 4.31 Å². The van der Waals surface area contributed by atoms with E-state index in [9.17, 15) is 8.42 Å². The zero-order chi connectivity index (χ0) is 15.0. The summed E-state index contributed by atoms with van der Waals surface area (Å²) < 4.78 is 32.9. The smallest absolute Gasteiger partial charge is 0.244 e. The summed E-state index contributed by atoms with van der Waals surface area (Å²) in [5.74, 6) is 0. The third kappa shape index (κ3) is 3.00. The number of nitrogens with zero attached hydrogens (tertiary/aromatic N) is 1. The topological polar surface area (TPSA) is 72.6 Å². The predicted molar refractivity (Wildman–Crippen MR) is 82.0 cm³/mol. The first-order chi connectivity index (χ1) is 9.28. The van der Waals surface area contributed by atoms with Crippen molar-refractivity contribution in [1.29, 1.82) is 0 Å². The lowest BCUT2D eigenvalue weighted by molar-refractivity contribution is -0.0319. The van der Waals surface area contributed by atoms with Crippen LogP contribution in [0.4, 0.5) is 5.69 Å². The molecular weight excluding hydrogens is 344 g/mol. The van der Waals surface area contributed by atoms with Crippen molar-refractivity contribution in [2.24, 2.45) is 0 Å². The molecule has 0 aromatic heterocycles. The van der Waals surface area contributed by atoms with Crippen LogP contribution in [0, 0.1) is 0 Å². The molecule has 1 aromatic rings. The van der Waals surface area contributed by atoms with E-state index in [2.05, 4.69) is 15.9 Å². The minimum atomic E-state index is -3.54. The molecule has 0 radical (unpaired) electrons. The maximum atomic E-state index is 12.7. The minimum Gasteiger partial charge on any atom is -0.399 e. The second-order valence-corrected chi connectivity index (χ2v) is 8.05. The van der Waals surface area contributed by atoms with Crippen molar-refractivity contribution < 1.29 is 13.2 Å². The lowest BCUT2D eigenvalue weighted by Gasteiger charge is -2.38. The average Bonchev–Trinajstić information content (AvgIpc) is 2.38. The maximum Gasteiger partial charge on any atom is 0.244 e. The molecule has 0 aliphatic carbocycles. The molecule has 5 nitrogen and oxygen atoms in total. The standard InChI is InChI=1S/C13H19BrN2O3S/c1-13(19-2)6-3-7-16(9-13)20(17,18)12-5-4-10(15)8-11(12)14/h4-5,8H,3,6-7,9,15H2,1-2H3. The van der Waals surface area contributed by atoms with Gasteiger partial charge in [-0.15, -0.1) is 0 Å². The van der Waals surface area contributed by atoms with Crippen molar-refractivity contribution in [3.8, 4) is 0 Å². The SMILES string of the molecule is COC1(C)CCCN(S(=O)(=O)c2ccc(N)cc2Br)C1. The van der Waals surface area contributed by atoms with E-state index in [0.29, 0.717) is 23.2 Å². The third-order valence-electron chi connectivity index (χ3n) is 3.69. The highest BCUT2D eigenvalue weighted by atomic mass is 79.9. The van der Waals surface area contributed by atoms with Crippen molar-refractivity contribution in [2.45, 2.75) is 30.3 Å². The quantitative estimate of drug-likeness (QED) is 0.836. The van der Waals surface area contributed by atoms with E-state index in [-0.39, 0.29) is 4.90 Å². The summed E-state index contributed by atoms with van der Waals surface area (Å²) in [6, 6.07) is 4.73. The number of ether oxygens (including phenoxy) is 1. The Morgan fingerprint density at radius 3 is 2.75 bits per heavy atom. The second-order valence-electron chi connectivity index (χ2n) is 5.29. The normalized spacial score (nSPS) is 24.8. The van der Waals surface area contributed by atoms with Gasteiger partial charge in [0, 0.05) is 30.4 Å². The van der Waals surface area contributed by atoms with Gasteiger partial charge in [-0.05, 0) is 53.9 Å². The van der Waals surface area contributed by atoms with Crippen molar-refractivity contribution in [3.05, 3.63) is 22.7 Å². The van der Waals surface area contributed by atoms with Crippen LogP contribution < -0.4 is 5.73 Å². The van der Waals surface area contributed by atoms with E-state index >= 15 is 0 Å². The van der Waals surface area contributed by atoms with Gasteiger partial charge in [-0.25, -0.2) is 8.42 Å². The van der Waals surface area contributed by atoms with Gasteiger partial charge >= 0.3 is 0 Å². The molecule has 7 heteroatoms. The van der Waals surface area contributed by atoms with E-state index in [1.807, 2.05) is 6.92 Å². The van der Waals surface area contributed by atoms with Gasteiger partial charge in [-0.1, -0.05) is 0 Å². The highest BCUT2D eigenvalue weighted by Gasteiger charge is 2.37. The number of halogens is 1. The number of nitrogen functional groups attached to an aromatic ring is 1. The van der Waals surface area contributed by atoms with Gasteiger partial charge in [0.15, 0.2) is 0 Å². The fourth-order valence-corrected chi connectivity index (χ4v) is 5.04. The largest absolute Gasteiger partial charge is 0.399 e. The number of methoxy groups -OCH3 is 1. The molecule has 2 N–H and O–H groups in total. The number of rotatable bonds is 3. The van der Waals surface area contributed by atoms with Crippen molar-refractivity contribution in [2.75, 3.05) is 25.9 Å². The van der Waals surface area contributed by atoms with Gasteiger partial charge in [-0.3, -0.25) is 0 Å². The van der Waals surface area contributed by atoms with E-state index in [0.717, 1.165) is 12.8 Å². The Morgan fingerprint density at radius 1 is 1.45 bits per heavy atom. The molecule has 1 aromatic carbocycles. The van der Waals surface area contributed by atoms with Crippen LogP contribution in [-0.4, -0.2) is 38.5 Å². The molecular formula is C13H19BrN2O3S. The lowest BCUT2D eigenvalue weighted by atomic mass is 9.96. The van der Waals surface area contributed by atoms with Crippen LogP contribution in [0.15, 0.2) is 27.6 Å². The fraction of sp³-hybridized carbons (Fsp3) is 0.538. The van der Waals surface area contributed by atoms with Gasteiger partial charge in [0.05, 0.1) is 10.5 Å². The zero-order valence-corrected chi connectivity index (χ0v) is 14.0. The molecule has 2 rings (SSSR count). The number of benzene rings is 1. The van der Waals surface area contributed by atoms with E-state index in [4.69, 9.17) is 10.5 Å². The molecule has 1 fully saturated rings. The summed E-state index contributed by atoms with van der Waals surface area (Å²) in [7, 11) is -1.92. The predicted octanol–water partition coefficient (Wildman–Crippen LogP) is 2.22. The monoisotopic (exact) mass is 362 g/mol. The Labute approximate surface area is 128 Å². The van der Waals surface area contributed by atoms with Gasteiger partial charge in [0.2, 0.25) is 10.0 Å². The second kappa shape index (κ2) is 5.63. The molecule has 1 atom stereocenters. The molecule has 1 saturated heterocycles. The number of hydrogen-bond acceptors (Lipinski definition) is 4. The Hall–Kier alpha value is -0.630. The van der Waals surface area contributed by atoms with Crippen LogP contribution in [0.1, 0.15) is 19.8 Å². The maximum absolute atomic E-state index is 12.7. The Bertz CT molecular complexity index is 606. The lowest BCUT2D eigenvalue weighted by Crippen LogP contribution is -2.49. The summed E-state index contributed by atoms with van der Waals surface area (Å²) in [6.45, 7) is 2.81. The van der Waals surface area contributed by atoms with Crippen LogP contribution in [0.2, 0.25) is 0 Å². The van der Waals surface area contributed by atoms with Crippen LogP contribution >= 0.6 is 15.9 Å². The molecule has 0 saturated carbocycles. The Kier molecular flexibility index (Phi) is 4.44. The number of hydrogen-bond donors (Lipinski definition) is 1. The summed E-state index contributed by atoms with van der Waals surface area (Å²) in [4.78, 5) is 0.243. The Morgan fingerprint density at radius 2 is 2.15 bits per heavy atom. The van der Waals surface area contributed by atoms with E-state index < -0.39 is 15.6 Å². The molecule has 1 aliphatic rings. The van der Waals surface area contributed by atoms with Crippen LogP contribution in [-0.2, 0) is 14.8 Å². The Balaban J connectivity index is 2.35. The zero-order valence-electron chi connectivity index (χ0n) is 11.6. The first kappa shape index (κ1) is 15.8. The minimum absolute atomic E-state index is 0.243. The van der Waals surface area contributed by atoms with E-state index in [1.54, 1.807) is 19.2 Å². The van der Waals surface area contributed by atoms with Crippen LogP contribution in [0.5, 0.6) is 0 Å². The van der Waals surface area contributed by atoms with Gasteiger partial charge in [0.1, 0.15) is 0 Å². The molecule has 0 spiro atoms. The van der Waals surface area contributed by atoms with E-state index in [1.165, 1.54) is 10.4 Å². The highest BCUT2D eigenvalue weighted by Crippen LogP contribution is 2.31. The summed E-state index contributed by atoms with van der Waals surface area (Å²) in [5, 5.41) is 0.